The summed E-state index contributed by atoms with van der Waals surface area (Å²) < 4.78 is 21.3. The standard InChI is InChI=1S/C20H23N7O4S/c1-27(5-2-6-32(30)31)19(28)12-24-15-7-14(9-22-16(15)8-21)17-10-25-18(11-23-17)26-20(29)13-3-4-13/h7,9-11,13,24,32H,2-6,12H2,1H3,(H,25,26,29). The van der Waals surface area contributed by atoms with Crippen molar-refractivity contribution >= 4 is 34.0 Å². The van der Waals surface area contributed by atoms with Crippen LogP contribution in [0.4, 0.5) is 11.5 Å². The SMILES string of the molecule is CN(CCC[SH](=O)=O)C(=O)CNc1cc(-c2cnc(NC(=O)C3CC3)cn2)cnc1C#N. The summed E-state index contributed by atoms with van der Waals surface area (Å²) in [5, 5.41) is 14.9. The van der Waals surface area contributed by atoms with E-state index in [1.807, 2.05) is 6.07 Å². The predicted molar refractivity (Wildman–Crippen MR) is 117 cm³/mol. The first-order valence-electron chi connectivity index (χ1n) is 10.0. The topological polar surface area (TPSA) is 158 Å². The molecule has 2 N–H and O–H groups in total. The van der Waals surface area contributed by atoms with Crippen molar-refractivity contribution in [3.63, 3.8) is 0 Å². The van der Waals surface area contributed by atoms with Gasteiger partial charge in [0, 0.05) is 37.0 Å². The highest BCUT2D eigenvalue weighted by Gasteiger charge is 2.29. The number of anilines is 2. The Labute approximate surface area is 186 Å². The minimum Gasteiger partial charge on any atom is -0.374 e. The molecule has 11 nitrogen and oxygen atoms in total. The van der Waals surface area contributed by atoms with Crippen molar-refractivity contribution in [2.75, 3.05) is 36.5 Å². The van der Waals surface area contributed by atoms with Crippen molar-refractivity contribution in [2.45, 2.75) is 19.3 Å². The maximum absolute atomic E-state index is 12.3. The smallest absolute Gasteiger partial charge is 0.241 e. The Morgan fingerprint density at radius 3 is 2.62 bits per heavy atom. The van der Waals surface area contributed by atoms with E-state index in [0.717, 1.165) is 12.8 Å². The number of carbonyl (C=O) groups is 2. The first kappa shape index (κ1) is 23.1. The zero-order valence-corrected chi connectivity index (χ0v) is 18.3. The predicted octanol–water partition coefficient (Wildman–Crippen LogP) is 0.631. The molecule has 1 saturated carbocycles. The quantitative estimate of drug-likeness (QED) is 0.435. The van der Waals surface area contributed by atoms with Crippen LogP contribution in [0.2, 0.25) is 0 Å². The minimum atomic E-state index is -2.46. The number of likely N-dealkylation sites (N-methyl/N-ethyl adjacent to an activating group) is 1. The van der Waals surface area contributed by atoms with Crippen molar-refractivity contribution in [1.29, 1.82) is 5.26 Å². The zero-order chi connectivity index (χ0) is 23.1. The fourth-order valence-corrected chi connectivity index (χ4v) is 3.21. The fourth-order valence-electron chi connectivity index (χ4n) is 2.81. The van der Waals surface area contributed by atoms with Gasteiger partial charge in [-0.15, -0.1) is 0 Å². The summed E-state index contributed by atoms with van der Waals surface area (Å²) in [5.74, 6) is 0.132. The number of nitrogens with one attached hydrogen (secondary N) is 2. The minimum absolute atomic E-state index is 0.0228. The number of amides is 2. The van der Waals surface area contributed by atoms with Gasteiger partial charge in [-0.2, -0.15) is 5.26 Å². The van der Waals surface area contributed by atoms with Crippen molar-refractivity contribution in [2.24, 2.45) is 5.92 Å². The van der Waals surface area contributed by atoms with E-state index in [4.69, 9.17) is 0 Å². The molecule has 1 aliphatic rings. The third-order valence-corrected chi connectivity index (χ3v) is 5.51. The number of nitrogens with zero attached hydrogens (tertiary/aromatic N) is 5. The number of carbonyl (C=O) groups excluding carboxylic acids is 2. The van der Waals surface area contributed by atoms with Gasteiger partial charge in [-0.05, 0) is 25.3 Å². The molecule has 1 aliphatic carbocycles. The Hall–Kier alpha value is -3.59. The first-order valence-corrected chi connectivity index (χ1v) is 11.4. The van der Waals surface area contributed by atoms with Crippen LogP contribution in [-0.4, -0.2) is 66.0 Å². The molecule has 32 heavy (non-hydrogen) atoms. The third kappa shape index (κ3) is 6.45. The molecule has 0 unspecified atom stereocenters. The molecular formula is C20H23N7O4S. The number of pyridine rings is 1. The summed E-state index contributed by atoms with van der Waals surface area (Å²) in [6, 6.07) is 3.62. The fraction of sp³-hybridized carbons (Fsp3) is 0.400. The summed E-state index contributed by atoms with van der Waals surface area (Å²) in [4.78, 5) is 38.1. The highest BCUT2D eigenvalue weighted by atomic mass is 32.2. The van der Waals surface area contributed by atoms with Crippen molar-refractivity contribution < 1.29 is 18.0 Å². The monoisotopic (exact) mass is 457 g/mol. The Bertz CT molecular complexity index is 1100. The number of nitriles is 1. The average molecular weight is 458 g/mol. The molecule has 0 saturated heterocycles. The molecule has 2 aromatic rings. The van der Waals surface area contributed by atoms with Gasteiger partial charge in [0.15, 0.2) is 11.5 Å². The van der Waals surface area contributed by atoms with Gasteiger partial charge in [-0.1, -0.05) is 0 Å². The van der Waals surface area contributed by atoms with E-state index in [2.05, 4.69) is 25.6 Å². The van der Waals surface area contributed by atoms with Crippen molar-refractivity contribution in [3.05, 3.63) is 30.4 Å². The van der Waals surface area contributed by atoms with Crippen molar-refractivity contribution in [1.82, 2.24) is 19.9 Å². The lowest BCUT2D eigenvalue weighted by Crippen LogP contribution is -2.33. The second-order valence-corrected chi connectivity index (χ2v) is 8.47. The Morgan fingerprint density at radius 1 is 1.22 bits per heavy atom. The Morgan fingerprint density at radius 2 is 2.00 bits per heavy atom. The Kier molecular flexibility index (Phi) is 7.67. The van der Waals surface area contributed by atoms with Crippen molar-refractivity contribution in [3.8, 4) is 17.3 Å². The van der Waals surface area contributed by atoms with Crippen LogP contribution >= 0.6 is 0 Å². The normalized spacial score (nSPS) is 12.8. The number of thiol groups is 1. The van der Waals surface area contributed by atoms with E-state index in [0.29, 0.717) is 35.7 Å². The van der Waals surface area contributed by atoms with Crippen LogP contribution in [0.3, 0.4) is 0 Å². The highest BCUT2D eigenvalue weighted by Crippen LogP contribution is 2.30. The second-order valence-electron chi connectivity index (χ2n) is 7.36. The van der Waals surface area contributed by atoms with E-state index < -0.39 is 10.7 Å². The summed E-state index contributed by atoms with van der Waals surface area (Å²) in [7, 11) is -0.879. The third-order valence-electron chi connectivity index (χ3n) is 4.83. The highest BCUT2D eigenvalue weighted by molar-refractivity contribution is 7.72. The average Bonchev–Trinajstić information content (AvgIpc) is 3.63. The molecule has 1 fully saturated rings. The van der Waals surface area contributed by atoms with Gasteiger partial charge in [-0.25, -0.2) is 18.4 Å². The summed E-state index contributed by atoms with van der Waals surface area (Å²) in [6.07, 6.45) is 6.57. The van der Waals surface area contributed by atoms with Gasteiger partial charge >= 0.3 is 0 Å². The Balaban J connectivity index is 1.64. The molecule has 0 aromatic carbocycles. The lowest BCUT2D eigenvalue weighted by Gasteiger charge is -2.17. The van der Waals surface area contributed by atoms with Gasteiger partial charge in [0.05, 0.1) is 30.3 Å². The van der Waals surface area contributed by atoms with Crippen LogP contribution < -0.4 is 10.6 Å². The molecule has 3 rings (SSSR count). The molecule has 2 aromatic heterocycles. The van der Waals surface area contributed by atoms with Crippen LogP contribution in [0, 0.1) is 17.2 Å². The lowest BCUT2D eigenvalue weighted by molar-refractivity contribution is -0.128. The molecule has 2 heterocycles. The first-order chi connectivity index (χ1) is 15.4. The number of rotatable bonds is 10. The lowest BCUT2D eigenvalue weighted by atomic mass is 10.1. The van der Waals surface area contributed by atoms with Crippen LogP contribution in [-0.2, 0) is 20.3 Å². The summed E-state index contributed by atoms with van der Waals surface area (Å²) >= 11 is 0. The molecule has 0 bridgehead atoms. The summed E-state index contributed by atoms with van der Waals surface area (Å²) in [5.41, 5.74) is 1.56. The second kappa shape index (κ2) is 10.6. The largest absolute Gasteiger partial charge is 0.374 e. The van der Waals surface area contributed by atoms with Gasteiger partial charge in [0.2, 0.25) is 11.8 Å². The molecule has 12 heteroatoms. The molecular weight excluding hydrogens is 434 g/mol. The van der Waals surface area contributed by atoms with Gasteiger partial charge in [-0.3, -0.25) is 14.6 Å². The van der Waals surface area contributed by atoms with E-state index in [-0.39, 0.29) is 35.7 Å². The van der Waals surface area contributed by atoms with E-state index >= 15 is 0 Å². The summed E-state index contributed by atoms with van der Waals surface area (Å²) in [6.45, 7) is 0.226. The van der Waals surface area contributed by atoms with E-state index in [9.17, 15) is 23.3 Å². The molecule has 0 atom stereocenters. The zero-order valence-electron chi connectivity index (χ0n) is 17.4. The van der Waals surface area contributed by atoms with E-state index in [1.165, 1.54) is 23.5 Å². The van der Waals surface area contributed by atoms with Crippen LogP contribution in [0.25, 0.3) is 11.3 Å². The molecule has 0 aliphatic heterocycles. The molecule has 2 amide bonds. The van der Waals surface area contributed by atoms with Crippen LogP contribution in [0.5, 0.6) is 0 Å². The number of aromatic nitrogens is 3. The van der Waals surface area contributed by atoms with Gasteiger partial charge < -0.3 is 15.5 Å². The number of hydrogen-bond acceptors (Lipinski definition) is 9. The van der Waals surface area contributed by atoms with Gasteiger partial charge in [0.25, 0.3) is 0 Å². The maximum atomic E-state index is 12.3. The van der Waals surface area contributed by atoms with E-state index in [1.54, 1.807) is 13.1 Å². The van der Waals surface area contributed by atoms with Crippen LogP contribution in [0.15, 0.2) is 24.7 Å². The van der Waals surface area contributed by atoms with Crippen LogP contribution in [0.1, 0.15) is 25.0 Å². The maximum Gasteiger partial charge on any atom is 0.241 e. The molecule has 168 valence electrons. The molecule has 0 spiro atoms. The molecule has 0 radical (unpaired) electrons. The van der Waals surface area contributed by atoms with Gasteiger partial charge in [0.1, 0.15) is 16.8 Å². The number of hydrogen-bond donors (Lipinski definition) is 3.